The smallest absolute Gasteiger partial charge is 0.481 e. The summed E-state index contributed by atoms with van der Waals surface area (Å²) in [6.45, 7) is 9.88. The molecule has 200 valence electrons. The summed E-state index contributed by atoms with van der Waals surface area (Å²) in [6, 6.07) is 5.37. The molecule has 0 saturated carbocycles. The van der Waals surface area contributed by atoms with Gasteiger partial charge in [0.1, 0.15) is 17.4 Å². The highest BCUT2D eigenvalue weighted by Crippen LogP contribution is 2.38. The molecule has 0 spiro atoms. The van der Waals surface area contributed by atoms with Crippen LogP contribution in [0.2, 0.25) is 5.02 Å². The van der Waals surface area contributed by atoms with Gasteiger partial charge in [-0.15, -0.1) is 0 Å². The molecule has 2 atom stereocenters. The van der Waals surface area contributed by atoms with Gasteiger partial charge in [-0.25, -0.2) is 4.98 Å². The lowest BCUT2D eigenvalue weighted by Gasteiger charge is -2.32. The van der Waals surface area contributed by atoms with Crippen molar-refractivity contribution in [2.24, 2.45) is 5.73 Å². The Balaban J connectivity index is 1.83. The second kappa shape index (κ2) is 11.8. The number of ether oxygens (including phenoxy) is 2. The summed E-state index contributed by atoms with van der Waals surface area (Å²) in [5, 5.41) is 3.63. The number of hydrogen-bond donors (Lipinski definition) is 2. The van der Waals surface area contributed by atoms with Crippen molar-refractivity contribution in [1.82, 2.24) is 15.3 Å². The molecule has 0 radical (unpaired) electrons. The number of primary amides is 1. The number of nitrogens with one attached hydrogen (secondary N) is 1. The minimum absolute atomic E-state index is 0.0403. The quantitative estimate of drug-likeness (QED) is 0.422. The van der Waals surface area contributed by atoms with Crippen molar-refractivity contribution in [2.45, 2.75) is 64.1 Å². The van der Waals surface area contributed by atoms with Gasteiger partial charge >= 0.3 is 7.12 Å². The maximum Gasteiger partial charge on any atom is 0.481 e. The van der Waals surface area contributed by atoms with Crippen LogP contribution in [0.3, 0.4) is 0 Å². The van der Waals surface area contributed by atoms with Crippen molar-refractivity contribution < 1.29 is 28.4 Å². The van der Waals surface area contributed by atoms with Gasteiger partial charge in [-0.05, 0) is 58.4 Å². The average molecular weight is 533 g/mol. The van der Waals surface area contributed by atoms with Gasteiger partial charge < -0.3 is 29.8 Å². The highest BCUT2D eigenvalue weighted by molar-refractivity contribution is 6.48. The van der Waals surface area contributed by atoms with Crippen LogP contribution in [0.25, 0.3) is 0 Å². The summed E-state index contributed by atoms with van der Waals surface area (Å²) in [7, 11) is 0.707. The fourth-order valence-corrected chi connectivity index (χ4v) is 4.15. The second-order valence-electron chi connectivity index (χ2n) is 9.95. The highest BCUT2D eigenvalue weighted by Gasteiger charge is 2.54. The lowest BCUT2D eigenvalue weighted by atomic mass is 9.76. The van der Waals surface area contributed by atoms with Gasteiger partial charge in [-0.1, -0.05) is 11.6 Å². The Kier molecular flexibility index (Phi) is 9.17. The molecule has 2 heterocycles. The lowest BCUT2D eigenvalue weighted by molar-refractivity contribution is -0.124. The Labute approximate surface area is 222 Å². The molecule has 1 aromatic heterocycles. The molecule has 0 bridgehead atoms. The Hall–Kier alpha value is -2.73. The van der Waals surface area contributed by atoms with E-state index in [0.717, 1.165) is 5.56 Å². The van der Waals surface area contributed by atoms with Crippen LogP contribution < -0.4 is 15.8 Å². The van der Waals surface area contributed by atoms with Crippen molar-refractivity contribution in [1.29, 1.82) is 0 Å². The molecule has 3 rings (SSSR count). The Bertz CT molecular complexity index is 1120. The van der Waals surface area contributed by atoms with E-state index in [1.165, 1.54) is 19.5 Å². The molecule has 3 N–H and O–H groups in total. The predicted octanol–water partition coefficient (Wildman–Crippen LogP) is 2.85. The molecule has 1 fully saturated rings. The van der Waals surface area contributed by atoms with Gasteiger partial charge in [-0.3, -0.25) is 14.6 Å². The minimum Gasteiger partial charge on any atom is -0.493 e. The maximum atomic E-state index is 13.5. The molecule has 0 unspecified atom stereocenters. The first-order chi connectivity index (χ1) is 17.4. The third-order valence-corrected chi connectivity index (χ3v) is 6.93. The number of benzene rings is 1. The monoisotopic (exact) mass is 532 g/mol. The molecule has 2 aromatic rings. The van der Waals surface area contributed by atoms with E-state index in [0.29, 0.717) is 17.2 Å². The fourth-order valence-electron chi connectivity index (χ4n) is 3.92. The number of carbonyl (C=O) groups excluding carboxylic acids is 2. The van der Waals surface area contributed by atoms with Crippen molar-refractivity contribution in [2.75, 3.05) is 20.3 Å². The van der Waals surface area contributed by atoms with Gasteiger partial charge in [0.2, 0.25) is 5.91 Å². The third kappa shape index (κ3) is 6.78. The van der Waals surface area contributed by atoms with Crippen LogP contribution in [0.15, 0.2) is 30.6 Å². The topological polar surface area (TPSA) is 135 Å². The van der Waals surface area contributed by atoms with Crippen molar-refractivity contribution in [3.63, 3.8) is 0 Å². The first-order valence-corrected chi connectivity index (χ1v) is 12.4. The predicted molar refractivity (Wildman–Crippen MR) is 139 cm³/mol. The van der Waals surface area contributed by atoms with Crippen molar-refractivity contribution >= 4 is 30.5 Å². The molecule has 1 aliphatic heterocycles. The van der Waals surface area contributed by atoms with E-state index < -0.39 is 42.0 Å². The normalized spacial score (nSPS) is 17.8. The summed E-state index contributed by atoms with van der Waals surface area (Å²) in [6.07, 6.45) is 3.10. The number of carbonyl (C=O) groups is 2. The maximum absolute atomic E-state index is 13.5. The zero-order valence-electron chi connectivity index (χ0n) is 22.0. The summed E-state index contributed by atoms with van der Waals surface area (Å²) in [5.41, 5.74) is 5.20. The Morgan fingerprint density at radius 1 is 1.16 bits per heavy atom. The zero-order valence-corrected chi connectivity index (χ0v) is 22.8. The third-order valence-electron chi connectivity index (χ3n) is 6.69. The minimum atomic E-state index is -0.939. The van der Waals surface area contributed by atoms with Crippen LogP contribution in [0.5, 0.6) is 5.75 Å². The highest BCUT2D eigenvalue weighted by atomic mass is 35.5. The molecule has 1 saturated heterocycles. The first-order valence-electron chi connectivity index (χ1n) is 12.0. The molecule has 0 aliphatic carbocycles. The van der Waals surface area contributed by atoms with E-state index >= 15 is 0 Å². The second-order valence-corrected chi connectivity index (χ2v) is 10.4. The summed E-state index contributed by atoms with van der Waals surface area (Å²) < 4.78 is 23.7. The molecule has 1 aromatic carbocycles. The fraction of sp³-hybridized carbons (Fsp3) is 0.520. The van der Waals surface area contributed by atoms with Crippen molar-refractivity contribution in [3.8, 4) is 5.75 Å². The average Bonchev–Trinajstić information content (AvgIpc) is 3.04. The standard InChI is InChI=1S/C25H34BClN4O6/c1-15-13-16(27)7-8-18(15)35-12-9-19(26-36-24(2,3)25(4,5)37-26)31-23(33)17(14-34-6)20-21(22(28)32)30-11-10-29-20/h7-8,10-11,13,17,19H,9,12,14H2,1-6H3,(H2,28,32)(H,31,33)/t17-,19+/m0/s1. The number of methoxy groups -OCH3 is 1. The number of halogens is 1. The molecule has 12 heteroatoms. The number of nitrogens with zero attached hydrogens (tertiary/aromatic N) is 2. The molecular formula is C25H34BClN4O6. The van der Waals surface area contributed by atoms with E-state index in [4.69, 9.17) is 36.1 Å². The van der Waals surface area contributed by atoms with Gasteiger partial charge in [0.05, 0.1) is 36.1 Å². The van der Waals surface area contributed by atoms with E-state index in [1.54, 1.807) is 12.1 Å². The van der Waals surface area contributed by atoms with Crippen LogP contribution >= 0.6 is 11.6 Å². The zero-order chi connectivity index (χ0) is 27.4. The van der Waals surface area contributed by atoms with Crippen LogP contribution in [0.1, 0.15) is 61.8 Å². The van der Waals surface area contributed by atoms with Gasteiger partial charge in [0.15, 0.2) is 0 Å². The van der Waals surface area contributed by atoms with Crippen LogP contribution in [-0.2, 0) is 18.8 Å². The number of hydrogen-bond acceptors (Lipinski definition) is 8. The number of rotatable bonds is 11. The van der Waals surface area contributed by atoms with Crippen molar-refractivity contribution in [3.05, 3.63) is 52.6 Å². The van der Waals surface area contributed by atoms with Crippen LogP contribution in [0.4, 0.5) is 0 Å². The summed E-state index contributed by atoms with van der Waals surface area (Å²) >= 11 is 6.05. The van der Waals surface area contributed by atoms with Gasteiger partial charge in [-0.2, -0.15) is 0 Å². The number of aryl methyl sites for hydroxylation is 1. The lowest BCUT2D eigenvalue weighted by Crippen LogP contribution is -2.50. The van der Waals surface area contributed by atoms with Crippen LogP contribution in [0, 0.1) is 6.92 Å². The van der Waals surface area contributed by atoms with E-state index in [1.807, 2.05) is 40.7 Å². The summed E-state index contributed by atoms with van der Waals surface area (Å²) in [5.74, 6) is -2.07. The number of nitrogens with two attached hydrogens (primary N) is 1. The van der Waals surface area contributed by atoms with E-state index in [-0.39, 0.29) is 24.6 Å². The molecule has 10 nitrogen and oxygen atoms in total. The van der Waals surface area contributed by atoms with Gasteiger partial charge in [0.25, 0.3) is 5.91 Å². The molecular weight excluding hydrogens is 499 g/mol. The first kappa shape index (κ1) is 28.8. The number of aromatic nitrogens is 2. The summed E-state index contributed by atoms with van der Waals surface area (Å²) in [4.78, 5) is 33.7. The Morgan fingerprint density at radius 2 is 1.81 bits per heavy atom. The molecule has 2 amide bonds. The molecule has 1 aliphatic rings. The van der Waals surface area contributed by atoms with E-state index in [9.17, 15) is 9.59 Å². The van der Waals surface area contributed by atoms with E-state index in [2.05, 4.69) is 15.3 Å². The van der Waals surface area contributed by atoms with Crippen LogP contribution in [-0.4, -0.2) is 66.4 Å². The SMILES string of the molecule is COC[C@H](C(=O)N[C@H](CCOc1ccc(Cl)cc1C)B1OC(C)(C)C(C)(C)O1)c1nccnc1C(N)=O. The van der Waals surface area contributed by atoms with Gasteiger partial charge in [0, 0.05) is 30.9 Å². The molecule has 37 heavy (non-hydrogen) atoms. The Morgan fingerprint density at radius 3 is 2.41 bits per heavy atom. The number of amides is 2. The largest absolute Gasteiger partial charge is 0.493 e.